The van der Waals surface area contributed by atoms with Gasteiger partial charge >= 0.3 is 6.01 Å². The quantitative estimate of drug-likeness (QED) is 0.894. The lowest BCUT2D eigenvalue weighted by Crippen LogP contribution is -2.22. The van der Waals surface area contributed by atoms with Gasteiger partial charge in [0, 0.05) is 30.0 Å². The lowest BCUT2D eigenvalue weighted by atomic mass is 10.2. The highest BCUT2D eigenvalue weighted by atomic mass is 16.5. The van der Waals surface area contributed by atoms with E-state index in [-0.39, 0.29) is 0 Å². The second-order valence-electron chi connectivity index (χ2n) is 4.71. The van der Waals surface area contributed by atoms with E-state index in [9.17, 15) is 0 Å². The fourth-order valence-electron chi connectivity index (χ4n) is 1.60. The monoisotopic (exact) mass is 257 g/mol. The Hall–Kier alpha value is -1.94. The molecule has 19 heavy (non-hydrogen) atoms. The molecule has 1 heterocycles. The molecule has 1 aromatic carbocycles. The van der Waals surface area contributed by atoms with Crippen LogP contribution in [0.3, 0.4) is 0 Å². The second kappa shape index (κ2) is 6.29. The van der Waals surface area contributed by atoms with Gasteiger partial charge in [-0.1, -0.05) is 32.0 Å². The summed E-state index contributed by atoms with van der Waals surface area (Å²) in [5, 5.41) is 3.35. The lowest BCUT2D eigenvalue weighted by Gasteiger charge is -2.10. The summed E-state index contributed by atoms with van der Waals surface area (Å²) in [7, 11) is 0. The van der Waals surface area contributed by atoms with Crippen LogP contribution in [0.1, 0.15) is 25.1 Å². The number of aryl methyl sites for hydroxylation is 1. The molecule has 1 N–H and O–H groups in total. The van der Waals surface area contributed by atoms with Gasteiger partial charge in [-0.3, -0.25) is 0 Å². The molecule has 0 spiro atoms. The molecule has 100 valence electrons. The lowest BCUT2D eigenvalue weighted by molar-refractivity contribution is 0.438. The smallest absolute Gasteiger partial charge is 0.322 e. The summed E-state index contributed by atoms with van der Waals surface area (Å²) < 4.78 is 5.60. The average molecular weight is 257 g/mol. The number of benzene rings is 1. The molecule has 2 rings (SSSR count). The minimum atomic E-state index is 0.386. The van der Waals surface area contributed by atoms with Gasteiger partial charge in [-0.15, -0.1) is 0 Å². The number of para-hydroxylation sites is 1. The molecule has 0 fully saturated rings. The number of rotatable bonds is 5. The molecule has 0 saturated heterocycles. The van der Waals surface area contributed by atoms with Crippen molar-refractivity contribution in [2.24, 2.45) is 0 Å². The van der Waals surface area contributed by atoms with Crippen LogP contribution >= 0.6 is 0 Å². The zero-order valence-electron chi connectivity index (χ0n) is 11.6. The molecular weight excluding hydrogens is 238 g/mol. The Morgan fingerprint density at radius 2 is 1.95 bits per heavy atom. The maximum Gasteiger partial charge on any atom is 0.322 e. The van der Waals surface area contributed by atoms with Crippen molar-refractivity contribution in [2.45, 2.75) is 33.4 Å². The minimum absolute atomic E-state index is 0.386. The standard InChI is InChI=1S/C15H19N3O/c1-11(2)16-9-13-10-17-15(18-12(13)3)19-14-7-5-4-6-8-14/h4-8,10-11,16H,9H2,1-3H3. The van der Waals surface area contributed by atoms with E-state index in [1.807, 2.05) is 43.5 Å². The van der Waals surface area contributed by atoms with Crippen molar-refractivity contribution in [1.82, 2.24) is 15.3 Å². The van der Waals surface area contributed by atoms with E-state index in [0.29, 0.717) is 12.1 Å². The molecule has 0 bridgehead atoms. The van der Waals surface area contributed by atoms with Gasteiger partial charge in [0.2, 0.25) is 0 Å². The van der Waals surface area contributed by atoms with Crippen LogP contribution in [-0.4, -0.2) is 16.0 Å². The summed E-state index contributed by atoms with van der Waals surface area (Å²) in [6.45, 7) is 6.97. The minimum Gasteiger partial charge on any atom is -0.424 e. The molecule has 1 aromatic heterocycles. The number of ether oxygens (including phenoxy) is 1. The third-order valence-corrected chi connectivity index (χ3v) is 2.71. The predicted molar refractivity (Wildman–Crippen MR) is 75.3 cm³/mol. The average Bonchev–Trinajstić information content (AvgIpc) is 2.39. The van der Waals surface area contributed by atoms with Crippen molar-refractivity contribution in [3.05, 3.63) is 47.8 Å². The van der Waals surface area contributed by atoms with Gasteiger partial charge in [-0.2, -0.15) is 4.98 Å². The molecule has 0 unspecified atom stereocenters. The van der Waals surface area contributed by atoms with Crippen LogP contribution < -0.4 is 10.1 Å². The number of aromatic nitrogens is 2. The Balaban J connectivity index is 2.06. The number of nitrogens with zero attached hydrogens (tertiary/aromatic N) is 2. The Kier molecular flexibility index (Phi) is 4.47. The van der Waals surface area contributed by atoms with Crippen molar-refractivity contribution < 1.29 is 4.74 Å². The van der Waals surface area contributed by atoms with Crippen molar-refractivity contribution in [3.63, 3.8) is 0 Å². The Labute approximate surface area is 113 Å². The van der Waals surface area contributed by atoms with Crippen LogP contribution in [-0.2, 0) is 6.54 Å². The topological polar surface area (TPSA) is 47.0 Å². The van der Waals surface area contributed by atoms with Crippen molar-refractivity contribution in [1.29, 1.82) is 0 Å². The first kappa shape index (κ1) is 13.5. The van der Waals surface area contributed by atoms with E-state index < -0.39 is 0 Å². The molecule has 0 aliphatic carbocycles. The van der Waals surface area contributed by atoms with E-state index in [0.717, 1.165) is 23.6 Å². The van der Waals surface area contributed by atoms with Crippen LogP contribution in [0.15, 0.2) is 36.5 Å². The zero-order chi connectivity index (χ0) is 13.7. The predicted octanol–water partition coefficient (Wildman–Crippen LogP) is 3.08. The highest BCUT2D eigenvalue weighted by Crippen LogP contribution is 2.17. The van der Waals surface area contributed by atoms with Crippen LogP contribution in [0, 0.1) is 6.92 Å². The zero-order valence-corrected chi connectivity index (χ0v) is 11.6. The summed E-state index contributed by atoms with van der Waals surface area (Å²) in [5.74, 6) is 0.745. The van der Waals surface area contributed by atoms with Crippen LogP contribution in [0.25, 0.3) is 0 Å². The molecule has 0 saturated carbocycles. The molecular formula is C15H19N3O. The summed E-state index contributed by atoms with van der Waals surface area (Å²) in [4.78, 5) is 8.61. The first-order valence-corrected chi connectivity index (χ1v) is 6.44. The van der Waals surface area contributed by atoms with E-state index in [1.165, 1.54) is 0 Å². The Bertz CT molecular complexity index is 526. The third-order valence-electron chi connectivity index (χ3n) is 2.71. The first-order valence-electron chi connectivity index (χ1n) is 6.44. The fourth-order valence-corrected chi connectivity index (χ4v) is 1.60. The van der Waals surface area contributed by atoms with E-state index >= 15 is 0 Å². The highest BCUT2D eigenvalue weighted by Gasteiger charge is 2.05. The van der Waals surface area contributed by atoms with Crippen LogP contribution in [0.2, 0.25) is 0 Å². The fraction of sp³-hybridized carbons (Fsp3) is 0.333. The second-order valence-corrected chi connectivity index (χ2v) is 4.71. The third kappa shape index (κ3) is 4.03. The van der Waals surface area contributed by atoms with Gasteiger partial charge in [-0.25, -0.2) is 4.98 Å². The van der Waals surface area contributed by atoms with Crippen molar-refractivity contribution in [2.75, 3.05) is 0 Å². The normalized spacial score (nSPS) is 10.7. The maximum absolute atomic E-state index is 5.60. The largest absolute Gasteiger partial charge is 0.424 e. The van der Waals surface area contributed by atoms with Gasteiger partial charge in [0.15, 0.2) is 0 Å². The number of hydrogen-bond acceptors (Lipinski definition) is 4. The molecule has 0 aliphatic heterocycles. The summed E-state index contributed by atoms with van der Waals surface area (Å²) >= 11 is 0. The van der Waals surface area contributed by atoms with Gasteiger partial charge in [0.05, 0.1) is 0 Å². The molecule has 4 nitrogen and oxygen atoms in total. The van der Waals surface area contributed by atoms with E-state index in [4.69, 9.17) is 4.74 Å². The van der Waals surface area contributed by atoms with Crippen LogP contribution in [0.5, 0.6) is 11.8 Å². The van der Waals surface area contributed by atoms with Crippen molar-refractivity contribution in [3.8, 4) is 11.8 Å². The van der Waals surface area contributed by atoms with Gasteiger partial charge in [-0.05, 0) is 19.1 Å². The summed E-state index contributed by atoms with van der Waals surface area (Å²) in [6, 6.07) is 10.4. The molecule has 0 radical (unpaired) electrons. The summed E-state index contributed by atoms with van der Waals surface area (Å²) in [6.07, 6.45) is 1.82. The highest BCUT2D eigenvalue weighted by molar-refractivity contribution is 5.25. The molecule has 0 amide bonds. The molecule has 0 aliphatic rings. The SMILES string of the molecule is Cc1nc(Oc2ccccc2)ncc1CNC(C)C. The van der Waals surface area contributed by atoms with E-state index in [1.54, 1.807) is 0 Å². The van der Waals surface area contributed by atoms with Crippen molar-refractivity contribution >= 4 is 0 Å². The first-order chi connectivity index (χ1) is 9.15. The number of hydrogen-bond donors (Lipinski definition) is 1. The molecule has 2 aromatic rings. The van der Waals surface area contributed by atoms with Gasteiger partial charge in [0.25, 0.3) is 0 Å². The maximum atomic E-state index is 5.60. The van der Waals surface area contributed by atoms with Gasteiger partial charge < -0.3 is 10.1 Å². The molecule has 0 atom stereocenters. The Morgan fingerprint density at radius 1 is 1.21 bits per heavy atom. The number of nitrogens with one attached hydrogen (secondary N) is 1. The molecule has 4 heteroatoms. The Morgan fingerprint density at radius 3 is 2.58 bits per heavy atom. The summed E-state index contributed by atoms with van der Waals surface area (Å²) in [5.41, 5.74) is 2.03. The van der Waals surface area contributed by atoms with Gasteiger partial charge in [0.1, 0.15) is 5.75 Å². The van der Waals surface area contributed by atoms with E-state index in [2.05, 4.69) is 29.1 Å². The van der Waals surface area contributed by atoms with Crippen LogP contribution in [0.4, 0.5) is 0 Å².